The summed E-state index contributed by atoms with van der Waals surface area (Å²) < 4.78 is 5.34. The topological polar surface area (TPSA) is 67.0 Å². The number of nitrogens with one attached hydrogen (secondary N) is 2. The molecular formula is C23H19N3O2. The summed E-state index contributed by atoms with van der Waals surface area (Å²) in [5.41, 5.74) is 5.57. The molecule has 2 aromatic carbocycles. The molecule has 138 valence electrons. The highest BCUT2D eigenvalue weighted by molar-refractivity contribution is 5.99. The first-order valence-electron chi connectivity index (χ1n) is 8.83. The van der Waals surface area contributed by atoms with E-state index in [9.17, 15) is 4.79 Å². The maximum Gasteiger partial charge on any atom is 0.247 e. The van der Waals surface area contributed by atoms with Crippen molar-refractivity contribution in [1.29, 1.82) is 0 Å². The summed E-state index contributed by atoms with van der Waals surface area (Å²) in [7, 11) is 1.66. The number of aromatic nitrogens is 2. The number of methoxy groups -OCH3 is 1. The molecule has 0 spiro atoms. The van der Waals surface area contributed by atoms with Crippen molar-refractivity contribution in [3.8, 4) is 28.0 Å². The summed E-state index contributed by atoms with van der Waals surface area (Å²) in [6, 6.07) is 17.7. The standard InChI is InChI=1S/C23H19N3O2/c1-3-22(27)26-18-8-4-6-15(10-18)17-12-20-21(14-25-23(20)24-13-17)16-7-5-9-19(11-16)28-2/h3-14H,1H2,2H3,(H,24,25)(H,26,27). The molecule has 4 rings (SSSR count). The number of fused-ring (bicyclic) bond motifs is 1. The van der Waals surface area contributed by atoms with Gasteiger partial charge >= 0.3 is 0 Å². The van der Waals surface area contributed by atoms with Gasteiger partial charge in [-0.1, -0.05) is 30.8 Å². The van der Waals surface area contributed by atoms with Crippen molar-refractivity contribution in [3.05, 3.63) is 79.6 Å². The van der Waals surface area contributed by atoms with Gasteiger partial charge in [-0.15, -0.1) is 0 Å². The van der Waals surface area contributed by atoms with Crippen LogP contribution in [0.25, 0.3) is 33.3 Å². The molecule has 0 saturated carbocycles. The lowest BCUT2D eigenvalue weighted by atomic mass is 10.0. The summed E-state index contributed by atoms with van der Waals surface area (Å²) in [5.74, 6) is 0.568. The van der Waals surface area contributed by atoms with Crippen LogP contribution in [0.5, 0.6) is 5.75 Å². The van der Waals surface area contributed by atoms with E-state index >= 15 is 0 Å². The number of benzene rings is 2. The molecule has 0 aliphatic carbocycles. The maximum absolute atomic E-state index is 11.6. The van der Waals surface area contributed by atoms with Crippen LogP contribution in [0.1, 0.15) is 0 Å². The minimum Gasteiger partial charge on any atom is -0.497 e. The number of anilines is 1. The van der Waals surface area contributed by atoms with Crippen molar-refractivity contribution in [2.24, 2.45) is 0 Å². The minimum atomic E-state index is -0.239. The van der Waals surface area contributed by atoms with Gasteiger partial charge in [0.1, 0.15) is 11.4 Å². The van der Waals surface area contributed by atoms with Crippen LogP contribution in [0.3, 0.4) is 0 Å². The number of ether oxygens (including phenoxy) is 1. The van der Waals surface area contributed by atoms with Crippen molar-refractivity contribution in [1.82, 2.24) is 9.97 Å². The van der Waals surface area contributed by atoms with Gasteiger partial charge in [0, 0.05) is 34.6 Å². The number of aromatic amines is 1. The molecule has 0 unspecified atom stereocenters. The monoisotopic (exact) mass is 369 g/mol. The van der Waals surface area contributed by atoms with Crippen LogP contribution in [0.4, 0.5) is 5.69 Å². The molecule has 2 aromatic heterocycles. The van der Waals surface area contributed by atoms with Crippen molar-refractivity contribution < 1.29 is 9.53 Å². The van der Waals surface area contributed by atoms with Crippen molar-refractivity contribution >= 4 is 22.6 Å². The molecule has 0 bridgehead atoms. The molecule has 0 fully saturated rings. The smallest absolute Gasteiger partial charge is 0.247 e. The number of hydrogen-bond donors (Lipinski definition) is 2. The summed E-state index contributed by atoms with van der Waals surface area (Å²) in [4.78, 5) is 19.4. The second kappa shape index (κ2) is 7.40. The summed E-state index contributed by atoms with van der Waals surface area (Å²) in [6.45, 7) is 3.48. The fraction of sp³-hybridized carbons (Fsp3) is 0.0435. The molecule has 0 atom stereocenters. The maximum atomic E-state index is 11.6. The quantitative estimate of drug-likeness (QED) is 0.485. The number of pyridine rings is 1. The number of hydrogen-bond acceptors (Lipinski definition) is 3. The zero-order chi connectivity index (χ0) is 19.5. The summed E-state index contributed by atoms with van der Waals surface area (Å²) in [6.07, 6.45) is 5.03. The molecule has 4 aromatic rings. The highest BCUT2D eigenvalue weighted by Gasteiger charge is 2.10. The van der Waals surface area contributed by atoms with E-state index in [1.165, 1.54) is 6.08 Å². The highest BCUT2D eigenvalue weighted by atomic mass is 16.5. The van der Waals surface area contributed by atoms with Gasteiger partial charge < -0.3 is 15.0 Å². The molecule has 1 amide bonds. The first-order valence-corrected chi connectivity index (χ1v) is 8.83. The number of nitrogens with zero attached hydrogens (tertiary/aromatic N) is 1. The zero-order valence-electron chi connectivity index (χ0n) is 15.4. The number of amides is 1. The van der Waals surface area contributed by atoms with Gasteiger partial charge in [-0.3, -0.25) is 4.79 Å². The van der Waals surface area contributed by atoms with Gasteiger partial charge in [-0.05, 0) is 47.5 Å². The highest BCUT2D eigenvalue weighted by Crippen LogP contribution is 2.33. The van der Waals surface area contributed by atoms with Gasteiger partial charge in [-0.25, -0.2) is 4.98 Å². The van der Waals surface area contributed by atoms with Crippen LogP contribution in [0, 0.1) is 0 Å². The van der Waals surface area contributed by atoms with Gasteiger partial charge in [0.15, 0.2) is 0 Å². The molecule has 28 heavy (non-hydrogen) atoms. The largest absolute Gasteiger partial charge is 0.497 e. The van der Waals surface area contributed by atoms with Gasteiger partial charge in [0.2, 0.25) is 5.91 Å². The Balaban J connectivity index is 1.77. The molecule has 0 radical (unpaired) electrons. The predicted octanol–water partition coefficient (Wildman–Crippen LogP) is 5.03. The Hall–Kier alpha value is -3.86. The van der Waals surface area contributed by atoms with Crippen LogP contribution < -0.4 is 10.1 Å². The van der Waals surface area contributed by atoms with E-state index < -0.39 is 0 Å². The fourth-order valence-corrected chi connectivity index (χ4v) is 3.16. The van der Waals surface area contributed by atoms with E-state index in [0.717, 1.165) is 39.0 Å². The van der Waals surface area contributed by atoms with E-state index in [0.29, 0.717) is 5.69 Å². The number of H-pyrrole nitrogens is 1. The number of carbonyl (C=O) groups is 1. The predicted molar refractivity (Wildman–Crippen MR) is 112 cm³/mol. The van der Waals surface area contributed by atoms with Crippen LogP contribution in [0.2, 0.25) is 0 Å². The Morgan fingerprint density at radius 3 is 2.75 bits per heavy atom. The Kier molecular flexibility index (Phi) is 4.64. The Morgan fingerprint density at radius 2 is 1.93 bits per heavy atom. The molecular weight excluding hydrogens is 350 g/mol. The molecule has 0 aliphatic rings. The molecule has 5 heteroatoms. The first-order chi connectivity index (χ1) is 13.7. The number of rotatable bonds is 5. The van der Waals surface area contributed by atoms with Gasteiger partial charge in [0.25, 0.3) is 0 Å². The Morgan fingerprint density at radius 1 is 1.11 bits per heavy atom. The van der Waals surface area contributed by atoms with E-state index in [4.69, 9.17) is 4.74 Å². The lowest BCUT2D eigenvalue weighted by Crippen LogP contribution is -2.06. The third kappa shape index (κ3) is 3.38. The first kappa shape index (κ1) is 17.5. The van der Waals surface area contributed by atoms with Gasteiger partial charge in [0.05, 0.1) is 7.11 Å². The van der Waals surface area contributed by atoms with Crippen molar-refractivity contribution in [3.63, 3.8) is 0 Å². The summed E-state index contributed by atoms with van der Waals surface area (Å²) >= 11 is 0. The van der Waals surface area contributed by atoms with E-state index in [1.807, 2.05) is 60.9 Å². The van der Waals surface area contributed by atoms with Gasteiger partial charge in [-0.2, -0.15) is 0 Å². The van der Waals surface area contributed by atoms with Crippen molar-refractivity contribution in [2.75, 3.05) is 12.4 Å². The third-order valence-corrected chi connectivity index (χ3v) is 4.56. The Bertz CT molecular complexity index is 1180. The van der Waals surface area contributed by atoms with Crippen molar-refractivity contribution in [2.45, 2.75) is 0 Å². The van der Waals surface area contributed by atoms with Crippen LogP contribution in [-0.2, 0) is 4.79 Å². The molecule has 2 N–H and O–H groups in total. The average molecular weight is 369 g/mol. The average Bonchev–Trinajstić information content (AvgIpc) is 3.17. The van der Waals surface area contributed by atoms with E-state index in [-0.39, 0.29) is 5.91 Å². The normalized spacial score (nSPS) is 10.6. The minimum absolute atomic E-state index is 0.239. The van der Waals surface area contributed by atoms with E-state index in [2.05, 4.69) is 27.9 Å². The van der Waals surface area contributed by atoms with Crippen LogP contribution in [-0.4, -0.2) is 23.0 Å². The second-order valence-corrected chi connectivity index (χ2v) is 6.33. The second-order valence-electron chi connectivity index (χ2n) is 6.33. The Labute approximate surface area is 162 Å². The van der Waals surface area contributed by atoms with Crippen LogP contribution in [0.15, 0.2) is 79.6 Å². The molecule has 2 heterocycles. The molecule has 0 aliphatic heterocycles. The third-order valence-electron chi connectivity index (χ3n) is 4.56. The van der Waals surface area contributed by atoms with E-state index in [1.54, 1.807) is 7.11 Å². The fourth-order valence-electron chi connectivity index (χ4n) is 3.16. The number of carbonyl (C=O) groups excluding carboxylic acids is 1. The lowest BCUT2D eigenvalue weighted by molar-refractivity contribution is -0.111. The lowest BCUT2D eigenvalue weighted by Gasteiger charge is -2.07. The molecule has 0 saturated heterocycles. The SMILES string of the molecule is C=CC(=O)Nc1cccc(-c2cnc3[nH]cc(-c4cccc(OC)c4)c3c2)c1. The zero-order valence-corrected chi connectivity index (χ0v) is 15.4. The molecule has 5 nitrogen and oxygen atoms in total. The summed E-state index contributed by atoms with van der Waals surface area (Å²) in [5, 5.41) is 3.81. The van der Waals surface area contributed by atoms with Crippen LogP contribution >= 0.6 is 0 Å².